The van der Waals surface area contributed by atoms with Crippen molar-refractivity contribution in [2.24, 2.45) is 5.92 Å². The van der Waals surface area contributed by atoms with Crippen LogP contribution in [0, 0.1) is 5.92 Å². The van der Waals surface area contributed by atoms with Gasteiger partial charge in [-0.2, -0.15) is 0 Å². The predicted molar refractivity (Wildman–Crippen MR) is 55.7 cm³/mol. The second-order valence-corrected chi connectivity index (χ2v) is 4.07. The maximum absolute atomic E-state index is 11.1. The Morgan fingerprint density at radius 3 is 2.07 bits per heavy atom. The maximum Gasteiger partial charge on any atom is 0.309 e. The van der Waals surface area contributed by atoms with Crippen molar-refractivity contribution >= 4 is 11.8 Å². The van der Waals surface area contributed by atoms with Gasteiger partial charge in [0, 0.05) is 12.6 Å². The van der Waals surface area contributed by atoms with Crippen molar-refractivity contribution in [2.75, 3.05) is 6.54 Å². The van der Waals surface area contributed by atoms with Gasteiger partial charge in [-0.15, -0.1) is 0 Å². The maximum atomic E-state index is 11.1. The zero-order valence-electron chi connectivity index (χ0n) is 9.39. The molecule has 0 atom stereocenters. The summed E-state index contributed by atoms with van der Waals surface area (Å²) >= 11 is 0. The molecule has 14 heavy (non-hydrogen) atoms. The lowest BCUT2D eigenvalue weighted by Crippen LogP contribution is -2.43. The first kappa shape index (κ1) is 12.9. The van der Waals surface area contributed by atoms with Crippen LogP contribution >= 0.6 is 0 Å². The molecule has 0 aliphatic rings. The Bertz CT molecular complexity index is 200. The summed E-state index contributed by atoms with van der Waals surface area (Å²) in [5.41, 5.74) is 0. The van der Waals surface area contributed by atoms with Crippen LogP contribution < -0.4 is 10.6 Å². The van der Waals surface area contributed by atoms with Gasteiger partial charge < -0.3 is 10.6 Å². The normalized spacial score (nSPS) is 10.4. The van der Waals surface area contributed by atoms with Crippen LogP contribution in [-0.2, 0) is 9.59 Å². The van der Waals surface area contributed by atoms with Crippen LogP contribution in [0.3, 0.4) is 0 Å². The fraction of sp³-hybridized carbons (Fsp3) is 0.800. The van der Waals surface area contributed by atoms with E-state index in [4.69, 9.17) is 0 Å². The van der Waals surface area contributed by atoms with Gasteiger partial charge in [0.25, 0.3) is 0 Å². The van der Waals surface area contributed by atoms with Gasteiger partial charge in [0.15, 0.2) is 0 Å². The molecule has 0 bridgehead atoms. The van der Waals surface area contributed by atoms with Crippen LogP contribution in [0.1, 0.15) is 34.1 Å². The van der Waals surface area contributed by atoms with E-state index in [0.29, 0.717) is 12.5 Å². The molecule has 82 valence electrons. The second kappa shape index (κ2) is 6.40. The van der Waals surface area contributed by atoms with E-state index in [0.717, 1.165) is 6.42 Å². The number of amides is 2. The highest BCUT2D eigenvalue weighted by atomic mass is 16.2. The van der Waals surface area contributed by atoms with E-state index in [9.17, 15) is 9.59 Å². The fourth-order valence-corrected chi connectivity index (χ4v) is 0.882. The molecule has 0 aromatic rings. The molecule has 0 saturated heterocycles. The quantitative estimate of drug-likeness (QED) is 0.655. The molecule has 0 unspecified atom stereocenters. The van der Waals surface area contributed by atoms with Crippen LogP contribution in [0.15, 0.2) is 0 Å². The summed E-state index contributed by atoms with van der Waals surface area (Å²) in [7, 11) is 0. The first-order valence-corrected chi connectivity index (χ1v) is 5.02. The van der Waals surface area contributed by atoms with Crippen LogP contribution in [0.5, 0.6) is 0 Å². The molecule has 0 aromatic carbocycles. The molecular weight excluding hydrogens is 180 g/mol. The third-order valence-electron chi connectivity index (χ3n) is 1.63. The summed E-state index contributed by atoms with van der Waals surface area (Å²) in [6.07, 6.45) is 0.890. The molecular formula is C10H20N2O2. The van der Waals surface area contributed by atoms with Gasteiger partial charge in [0.2, 0.25) is 0 Å². The molecule has 0 saturated carbocycles. The standard InChI is InChI=1S/C10H20N2O2/c1-7(2)5-6-11-9(13)10(14)12-8(3)4/h7-8H,5-6H2,1-4H3,(H,11,13)(H,12,14). The zero-order valence-corrected chi connectivity index (χ0v) is 9.39. The Kier molecular flexibility index (Phi) is 5.92. The molecule has 0 aromatic heterocycles. The van der Waals surface area contributed by atoms with Crippen molar-refractivity contribution in [3.8, 4) is 0 Å². The number of carbonyl (C=O) groups is 2. The minimum Gasteiger partial charge on any atom is -0.348 e. The molecule has 2 amide bonds. The van der Waals surface area contributed by atoms with E-state index in [2.05, 4.69) is 24.5 Å². The van der Waals surface area contributed by atoms with Gasteiger partial charge >= 0.3 is 11.8 Å². The Balaban J connectivity index is 3.68. The monoisotopic (exact) mass is 200 g/mol. The Morgan fingerprint density at radius 1 is 1.07 bits per heavy atom. The minimum atomic E-state index is -0.552. The smallest absolute Gasteiger partial charge is 0.309 e. The number of nitrogens with one attached hydrogen (secondary N) is 2. The SMILES string of the molecule is CC(C)CCNC(=O)C(=O)NC(C)C. The summed E-state index contributed by atoms with van der Waals surface area (Å²) < 4.78 is 0. The van der Waals surface area contributed by atoms with Crippen molar-refractivity contribution in [2.45, 2.75) is 40.2 Å². The van der Waals surface area contributed by atoms with E-state index in [1.54, 1.807) is 0 Å². The molecule has 0 rings (SSSR count). The average molecular weight is 200 g/mol. The van der Waals surface area contributed by atoms with Gasteiger partial charge in [0.05, 0.1) is 0 Å². The highest BCUT2D eigenvalue weighted by molar-refractivity contribution is 6.35. The van der Waals surface area contributed by atoms with E-state index in [-0.39, 0.29) is 6.04 Å². The van der Waals surface area contributed by atoms with Crippen LogP contribution in [0.2, 0.25) is 0 Å². The molecule has 4 nitrogen and oxygen atoms in total. The Hall–Kier alpha value is -1.06. The van der Waals surface area contributed by atoms with Gasteiger partial charge in [0.1, 0.15) is 0 Å². The lowest BCUT2D eigenvalue weighted by atomic mass is 10.1. The van der Waals surface area contributed by atoms with E-state index in [1.165, 1.54) is 0 Å². The number of rotatable bonds is 4. The summed E-state index contributed by atoms with van der Waals surface area (Å²) in [6, 6.07) is -0.00153. The van der Waals surface area contributed by atoms with Crippen molar-refractivity contribution in [3.05, 3.63) is 0 Å². The van der Waals surface area contributed by atoms with Gasteiger partial charge in [-0.25, -0.2) is 0 Å². The molecule has 0 radical (unpaired) electrons. The molecule has 4 heteroatoms. The van der Waals surface area contributed by atoms with Gasteiger partial charge in [-0.1, -0.05) is 13.8 Å². The third-order valence-corrected chi connectivity index (χ3v) is 1.63. The van der Waals surface area contributed by atoms with Gasteiger partial charge in [-0.3, -0.25) is 9.59 Å². The van der Waals surface area contributed by atoms with Crippen molar-refractivity contribution in [1.29, 1.82) is 0 Å². The molecule has 0 heterocycles. The molecule has 0 aliphatic carbocycles. The largest absolute Gasteiger partial charge is 0.348 e. The molecule has 0 fully saturated rings. The first-order valence-electron chi connectivity index (χ1n) is 5.02. The molecule has 0 aliphatic heterocycles. The Morgan fingerprint density at radius 2 is 1.64 bits per heavy atom. The van der Waals surface area contributed by atoms with Crippen LogP contribution in [0.4, 0.5) is 0 Å². The van der Waals surface area contributed by atoms with Gasteiger partial charge in [-0.05, 0) is 26.2 Å². The lowest BCUT2D eigenvalue weighted by Gasteiger charge is -2.09. The highest BCUT2D eigenvalue weighted by Crippen LogP contribution is 1.95. The number of hydrogen-bond donors (Lipinski definition) is 2. The first-order chi connectivity index (χ1) is 6.43. The average Bonchev–Trinajstić information content (AvgIpc) is 2.01. The molecule has 0 spiro atoms. The highest BCUT2D eigenvalue weighted by Gasteiger charge is 2.13. The van der Waals surface area contributed by atoms with Crippen molar-refractivity contribution in [1.82, 2.24) is 10.6 Å². The Labute approximate surface area is 85.4 Å². The summed E-state index contributed by atoms with van der Waals surface area (Å²) in [6.45, 7) is 8.33. The van der Waals surface area contributed by atoms with E-state index < -0.39 is 11.8 Å². The number of carbonyl (C=O) groups excluding carboxylic acids is 2. The second-order valence-electron chi connectivity index (χ2n) is 4.07. The van der Waals surface area contributed by atoms with Crippen molar-refractivity contribution < 1.29 is 9.59 Å². The number of hydrogen-bond acceptors (Lipinski definition) is 2. The lowest BCUT2D eigenvalue weighted by molar-refractivity contribution is -0.139. The fourth-order valence-electron chi connectivity index (χ4n) is 0.882. The van der Waals surface area contributed by atoms with Crippen LogP contribution in [-0.4, -0.2) is 24.4 Å². The van der Waals surface area contributed by atoms with E-state index >= 15 is 0 Å². The van der Waals surface area contributed by atoms with Crippen LogP contribution in [0.25, 0.3) is 0 Å². The minimum absolute atomic E-state index is 0.00153. The molecule has 2 N–H and O–H groups in total. The summed E-state index contributed by atoms with van der Waals surface area (Å²) in [4.78, 5) is 22.2. The third kappa shape index (κ3) is 6.46. The van der Waals surface area contributed by atoms with Crippen molar-refractivity contribution in [3.63, 3.8) is 0 Å². The predicted octanol–water partition coefficient (Wildman–Crippen LogP) is 0.673. The van der Waals surface area contributed by atoms with E-state index in [1.807, 2.05) is 13.8 Å². The topological polar surface area (TPSA) is 58.2 Å². The zero-order chi connectivity index (χ0) is 11.1. The summed E-state index contributed by atoms with van der Waals surface area (Å²) in [5.74, 6) is -0.563. The summed E-state index contributed by atoms with van der Waals surface area (Å²) in [5, 5.41) is 5.10.